The number of urea groups is 1. The quantitative estimate of drug-likeness (QED) is 0.721. The Morgan fingerprint density at radius 3 is 2.46 bits per heavy atom. The molecule has 3 rings (SSSR count). The van der Waals surface area contributed by atoms with Gasteiger partial charge in [-0.2, -0.15) is 0 Å². The van der Waals surface area contributed by atoms with Crippen LogP contribution in [-0.4, -0.2) is 66.4 Å². The van der Waals surface area contributed by atoms with Crippen LogP contribution in [0.1, 0.15) is 51.9 Å². The van der Waals surface area contributed by atoms with Crippen molar-refractivity contribution in [1.29, 1.82) is 0 Å². The number of piperidine rings is 1. The van der Waals surface area contributed by atoms with Crippen molar-refractivity contribution in [1.82, 2.24) is 20.4 Å². The van der Waals surface area contributed by atoms with Gasteiger partial charge in [0, 0.05) is 13.1 Å². The van der Waals surface area contributed by atoms with E-state index in [2.05, 4.69) is 17.6 Å². The lowest BCUT2D eigenvalue weighted by Crippen LogP contribution is -2.50. The highest BCUT2D eigenvalue weighted by molar-refractivity contribution is 6.09. The van der Waals surface area contributed by atoms with Gasteiger partial charge in [0.1, 0.15) is 12.1 Å². The Hall–Kier alpha value is -1.63. The van der Waals surface area contributed by atoms with E-state index in [-0.39, 0.29) is 18.4 Å². The topological polar surface area (TPSA) is 81.8 Å². The van der Waals surface area contributed by atoms with Crippen LogP contribution in [0.5, 0.6) is 0 Å². The molecule has 2 N–H and O–H groups in total. The molecule has 26 heavy (non-hydrogen) atoms. The summed E-state index contributed by atoms with van der Waals surface area (Å²) in [7, 11) is 1.95. The fourth-order valence-electron chi connectivity index (χ4n) is 4.47. The molecule has 2 saturated heterocycles. The lowest BCUT2D eigenvalue weighted by Gasteiger charge is -2.34. The van der Waals surface area contributed by atoms with Crippen molar-refractivity contribution >= 4 is 17.8 Å². The van der Waals surface area contributed by atoms with Gasteiger partial charge in [-0.25, -0.2) is 4.79 Å². The third-order valence-electron chi connectivity index (χ3n) is 6.44. The van der Waals surface area contributed by atoms with Crippen LogP contribution in [0.15, 0.2) is 0 Å². The molecule has 0 aromatic carbocycles. The minimum absolute atomic E-state index is 0.109. The zero-order valence-electron chi connectivity index (χ0n) is 16.1. The molecule has 1 aliphatic carbocycles. The Labute approximate surface area is 155 Å². The van der Waals surface area contributed by atoms with Crippen molar-refractivity contribution in [2.45, 2.75) is 57.4 Å². The summed E-state index contributed by atoms with van der Waals surface area (Å²) in [5.41, 5.74) is -0.760. The van der Waals surface area contributed by atoms with E-state index in [0.717, 1.165) is 56.6 Å². The largest absolute Gasteiger partial charge is 0.341 e. The number of hydrogen-bond donors (Lipinski definition) is 2. The van der Waals surface area contributed by atoms with E-state index in [4.69, 9.17) is 0 Å². The molecule has 146 valence electrons. The molecule has 7 nitrogen and oxygen atoms in total. The van der Waals surface area contributed by atoms with Gasteiger partial charge in [-0.1, -0.05) is 6.92 Å². The van der Waals surface area contributed by atoms with E-state index in [1.165, 1.54) is 0 Å². The molecule has 0 aromatic rings. The van der Waals surface area contributed by atoms with E-state index in [9.17, 15) is 14.4 Å². The predicted octanol–water partition coefficient (Wildman–Crippen LogP) is 1.34. The van der Waals surface area contributed by atoms with Crippen molar-refractivity contribution in [2.75, 3.05) is 33.2 Å². The van der Waals surface area contributed by atoms with Crippen molar-refractivity contribution in [3.63, 3.8) is 0 Å². The van der Waals surface area contributed by atoms with Gasteiger partial charge in [-0.3, -0.25) is 14.5 Å². The summed E-state index contributed by atoms with van der Waals surface area (Å²) in [5, 5.41) is 6.06. The fourth-order valence-corrected chi connectivity index (χ4v) is 4.47. The Balaban J connectivity index is 1.53. The highest BCUT2D eigenvalue weighted by Crippen LogP contribution is 2.36. The Kier molecular flexibility index (Phi) is 5.85. The number of likely N-dealkylation sites (tertiary alicyclic amines) is 1. The first-order valence-corrected chi connectivity index (χ1v) is 10.0. The van der Waals surface area contributed by atoms with Gasteiger partial charge in [-0.05, 0) is 70.4 Å². The van der Waals surface area contributed by atoms with Crippen LogP contribution in [0.25, 0.3) is 0 Å². The minimum Gasteiger partial charge on any atom is -0.341 e. The molecule has 3 fully saturated rings. The molecule has 4 amide bonds. The third kappa shape index (κ3) is 3.87. The van der Waals surface area contributed by atoms with E-state index in [0.29, 0.717) is 24.7 Å². The Bertz CT molecular complexity index is 549. The Morgan fingerprint density at radius 1 is 1.19 bits per heavy atom. The number of carbonyl (C=O) groups is 3. The highest BCUT2D eigenvalue weighted by Gasteiger charge is 2.52. The summed E-state index contributed by atoms with van der Waals surface area (Å²) in [4.78, 5) is 40.8. The minimum atomic E-state index is -0.760. The zero-order chi connectivity index (χ0) is 18.7. The Morgan fingerprint density at radius 2 is 1.85 bits per heavy atom. The summed E-state index contributed by atoms with van der Waals surface area (Å²) in [5.74, 6) is 0.925. The van der Waals surface area contributed by atoms with Crippen molar-refractivity contribution in [3.05, 3.63) is 0 Å². The number of nitrogens with one attached hydrogen (secondary N) is 2. The number of nitrogens with zero attached hydrogens (tertiary/aromatic N) is 2. The van der Waals surface area contributed by atoms with Crippen LogP contribution in [0, 0.1) is 11.8 Å². The zero-order valence-corrected chi connectivity index (χ0v) is 16.1. The summed E-state index contributed by atoms with van der Waals surface area (Å²) in [6, 6.07) is -0.401. The standard InChI is InChI=1S/C19H32N4O3/c1-14-3-8-19(9-4-14)17(25)23(18(26)21-19)13-16(24)22-11-6-15(7-12-22)5-10-20-2/h14-15,20H,3-13H2,1-2H3,(H,21,26). The molecule has 0 bridgehead atoms. The van der Waals surface area contributed by atoms with Crippen LogP contribution in [-0.2, 0) is 9.59 Å². The van der Waals surface area contributed by atoms with E-state index in [1.807, 2.05) is 11.9 Å². The maximum absolute atomic E-state index is 12.9. The molecule has 2 heterocycles. The molecule has 0 radical (unpaired) electrons. The van der Waals surface area contributed by atoms with Gasteiger partial charge in [0.25, 0.3) is 5.91 Å². The molecule has 7 heteroatoms. The third-order valence-corrected chi connectivity index (χ3v) is 6.44. The number of amides is 4. The van der Waals surface area contributed by atoms with Crippen LogP contribution >= 0.6 is 0 Å². The normalized spacial score (nSPS) is 30.2. The molecule has 0 aromatic heterocycles. The molecule has 1 spiro atoms. The first-order valence-electron chi connectivity index (χ1n) is 10.0. The number of imide groups is 1. The lowest BCUT2D eigenvalue weighted by molar-refractivity contribution is -0.140. The summed E-state index contributed by atoms with van der Waals surface area (Å²) in [6.45, 7) is 4.50. The number of carbonyl (C=O) groups excluding carboxylic acids is 3. The fraction of sp³-hybridized carbons (Fsp3) is 0.842. The van der Waals surface area contributed by atoms with Gasteiger partial charge >= 0.3 is 6.03 Å². The van der Waals surface area contributed by atoms with E-state index >= 15 is 0 Å². The first-order chi connectivity index (χ1) is 12.4. The second-order valence-electron chi connectivity index (χ2n) is 8.30. The molecule has 3 aliphatic rings. The first kappa shape index (κ1) is 19.1. The molecular formula is C19H32N4O3. The van der Waals surface area contributed by atoms with Crippen LogP contribution in [0.4, 0.5) is 4.79 Å². The number of hydrogen-bond acceptors (Lipinski definition) is 4. The van der Waals surface area contributed by atoms with Crippen molar-refractivity contribution in [2.24, 2.45) is 11.8 Å². The average molecular weight is 364 g/mol. The van der Waals surface area contributed by atoms with Gasteiger partial charge in [0.15, 0.2) is 0 Å². The molecule has 2 aliphatic heterocycles. The maximum Gasteiger partial charge on any atom is 0.325 e. The van der Waals surface area contributed by atoms with Gasteiger partial charge in [0.2, 0.25) is 5.91 Å². The lowest BCUT2D eigenvalue weighted by atomic mass is 9.77. The smallest absolute Gasteiger partial charge is 0.325 e. The molecule has 0 atom stereocenters. The van der Waals surface area contributed by atoms with Crippen LogP contribution in [0.3, 0.4) is 0 Å². The van der Waals surface area contributed by atoms with E-state index in [1.54, 1.807) is 0 Å². The summed E-state index contributed by atoms with van der Waals surface area (Å²) in [6.07, 6.45) is 6.36. The predicted molar refractivity (Wildman–Crippen MR) is 98.5 cm³/mol. The van der Waals surface area contributed by atoms with Gasteiger partial charge in [-0.15, -0.1) is 0 Å². The second-order valence-corrected chi connectivity index (χ2v) is 8.30. The number of rotatable bonds is 5. The molecule has 1 saturated carbocycles. The van der Waals surface area contributed by atoms with Crippen molar-refractivity contribution in [3.8, 4) is 0 Å². The van der Waals surface area contributed by atoms with Crippen LogP contribution < -0.4 is 10.6 Å². The molecule has 0 unspecified atom stereocenters. The summed E-state index contributed by atoms with van der Waals surface area (Å²) < 4.78 is 0. The van der Waals surface area contributed by atoms with Crippen molar-refractivity contribution < 1.29 is 14.4 Å². The second kappa shape index (κ2) is 7.94. The van der Waals surface area contributed by atoms with Gasteiger partial charge < -0.3 is 15.5 Å². The maximum atomic E-state index is 12.9. The summed E-state index contributed by atoms with van der Waals surface area (Å²) >= 11 is 0. The monoisotopic (exact) mass is 364 g/mol. The van der Waals surface area contributed by atoms with E-state index < -0.39 is 11.6 Å². The highest BCUT2D eigenvalue weighted by atomic mass is 16.2. The SMILES string of the molecule is CNCCC1CCN(C(=O)CN2C(=O)NC3(CCC(C)CC3)C2=O)CC1. The van der Waals surface area contributed by atoms with Gasteiger partial charge in [0.05, 0.1) is 0 Å². The molecular weight excluding hydrogens is 332 g/mol. The average Bonchev–Trinajstić information content (AvgIpc) is 2.87. The van der Waals surface area contributed by atoms with Crippen LogP contribution in [0.2, 0.25) is 0 Å².